The van der Waals surface area contributed by atoms with E-state index >= 15 is 0 Å². The van der Waals surface area contributed by atoms with Gasteiger partial charge in [-0.3, -0.25) is 9.59 Å². The summed E-state index contributed by atoms with van der Waals surface area (Å²) in [6.07, 6.45) is 2.96. The first-order valence-electron chi connectivity index (χ1n) is 7.77. The second-order valence-corrected chi connectivity index (χ2v) is 5.62. The van der Waals surface area contributed by atoms with E-state index in [0.29, 0.717) is 12.1 Å². The largest absolute Gasteiger partial charge is 0.352 e. The zero-order valence-electron chi connectivity index (χ0n) is 13.7. The number of halogens is 2. The van der Waals surface area contributed by atoms with Crippen molar-refractivity contribution in [2.24, 2.45) is 11.7 Å². The highest BCUT2D eigenvalue weighted by molar-refractivity contribution is 5.99. The smallest absolute Gasteiger partial charge is 0.220 e. The van der Waals surface area contributed by atoms with Gasteiger partial charge < -0.3 is 11.1 Å². The molecule has 3 N–H and O–H groups in total. The Bertz CT molecular complexity index is 511. The number of ketones is 1. The van der Waals surface area contributed by atoms with Gasteiger partial charge in [0, 0.05) is 30.5 Å². The van der Waals surface area contributed by atoms with Crippen LogP contribution in [0.4, 0.5) is 4.39 Å². The van der Waals surface area contributed by atoms with E-state index in [1.807, 2.05) is 0 Å². The van der Waals surface area contributed by atoms with E-state index in [4.69, 9.17) is 5.73 Å². The van der Waals surface area contributed by atoms with Gasteiger partial charge in [-0.2, -0.15) is 0 Å². The molecule has 0 radical (unpaired) electrons. The van der Waals surface area contributed by atoms with Crippen LogP contribution in [0.3, 0.4) is 0 Å². The molecule has 23 heavy (non-hydrogen) atoms. The number of carbonyl (C=O) groups excluding carboxylic acids is 2. The lowest BCUT2D eigenvalue weighted by Gasteiger charge is -2.18. The highest BCUT2D eigenvalue weighted by Gasteiger charge is 2.20. The van der Waals surface area contributed by atoms with Gasteiger partial charge in [0.2, 0.25) is 5.91 Å². The first-order valence-corrected chi connectivity index (χ1v) is 7.77. The number of hydrogen-bond donors (Lipinski definition) is 2. The lowest BCUT2D eigenvalue weighted by Crippen LogP contribution is -2.41. The highest BCUT2D eigenvalue weighted by Crippen LogP contribution is 2.13. The lowest BCUT2D eigenvalue weighted by atomic mass is 9.96. The van der Waals surface area contributed by atoms with E-state index in [0.717, 1.165) is 19.3 Å². The molecule has 0 spiro atoms. The molecule has 0 saturated carbocycles. The van der Waals surface area contributed by atoms with Gasteiger partial charge in [-0.1, -0.05) is 38.8 Å². The quantitative estimate of drug-likeness (QED) is 0.676. The Hall–Kier alpha value is -1.46. The molecule has 0 bridgehead atoms. The van der Waals surface area contributed by atoms with Crippen LogP contribution < -0.4 is 11.1 Å². The number of rotatable bonds is 9. The van der Waals surface area contributed by atoms with Gasteiger partial charge in [-0.05, 0) is 18.6 Å². The van der Waals surface area contributed by atoms with E-state index in [9.17, 15) is 14.0 Å². The molecule has 0 aromatic heterocycles. The van der Waals surface area contributed by atoms with Crippen molar-refractivity contribution in [3.63, 3.8) is 0 Å². The number of hydrogen-bond acceptors (Lipinski definition) is 3. The van der Waals surface area contributed by atoms with Crippen LogP contribution in [-0.2, 0) is 4.79 Å². The third kappa shape index (κ3) is 7.57. The van der Waals surface area contributed by atoms with Crippen LogP contribution in [0, 0.1) is 11.7 Å². The van der Waals surface area contributed by atoms with Crippen LogP contribution in [0.2, 0.25) is 0 Å². The van der Waals surface area contributed by atoms with Crippen molar-refractivity contribution < 1.29 is 14.0 Å². The summed E-state index contributed by atoms with van der Waals surface area (Å²) in [6, 6.07) is 5.48. The summed E-state index contributed by atoms with van der Waals surface area (Å²) in [5.74, 6) is -1.37. The van der Waals surface area contributed by atoms with Crippen LogP contribution in [0.1, 0.15) is 49.9 Å². The summed E-state index contributed by atoms with van der Waals surface area (Å²) in [5.41, 5.74) is 5.93. The molecule has 4 nitrogen and oxygen atoms in total. The molecular formula is C17H26ClFN2O2. The Kier molecular flexibility index (Phi) is 10.4. The molecule has 130 valence electrons. The van der Waals surface area contributed by atoms with Gasteiger partial charge in [-0.25, -0.2) is 4.39 Å². The van der Waals surface area contributed by atoms with Gasteiger partial charge in [-0.15, -0.1) is 12.4 Å². The van der Waals surface area contributed by atoms with Crippen molar-refractivity contribution in [1.82, 2.24) is 5.32 Å². The number of nitrogens with one attached hydrogen (secondary N) is 1. The number of Topliss-reactive ketones (excluding diaryl/α,β-unsaturated/α-hetero) is 1. The standard InChI is InChI=1S/C17H25FN2O2.ClH/c1-3-4-8-15(11-19)20-16(21)9-12(2)17(22)13-6-5-7-14(18)10-13;/h5-7,10,12,15H,3-4,8-9,11,19H2,1-2H3,(H,20,21);1H. The first-order chi connectivity index (χ1) is 10.5. The van der Waals surface area contributed by atoms with Crippen molar-refractivity contribution in [2.45, 2.75) is 45.6 Å². The molecule has 0 aliphatic carbocycles. The van der Waals surface area contributed by atoms with Gasteiger partial charge in [0.1, 0.15) is 5.82 Å². The summed E-state index contributed by atoms with van der Waals surface area (Å²) in [6.45, 7) is 4.14. The highest BCUT2D eigenvalue weighted by atomic mass is 35.5. The lowest BCUT2D eigenvalue weighted by molar-refractivity contribution is -0.122. The average molecular weight is 345 g/mol. The Morgan fingerprint density at radius 2 is 2.04 bits per heavy atom. The van der Waals surface area contributed by atoms with Crippen LogP contribution in [0.25, 0.3) is 0 Å². The summed E-state index contributed by atoms with van der Waals surface area (Å²) < 4.78 is 13.1. The van der Waals surface area contributed by atoms with Gasteiger partial charge in [0.25, 0.3) is 0 Å². The summed E-state index contributed by atoms with van der Waals surface area (Å²) in [4.78, 5) is 24.2. The minimum absolute atomic E-state index is 0. The van der Waals surface area contributed by atoms with Crippen molar-refractivity contribution >= 4 is 24.1 Å². The van der Waals surface area contributed by atoms with Crippen molar-refractivity contribution in [1.29, 1.82) is 0 Å². The zero-order valence-corrected chi connectivity index (χ0v) is 14.5. The third-order valence-electron chi connectivity index (χ3n) is 3.60. The molecular weight excluding hydrogens is 319 g/mol. The van der Waals surface area contributed by atoms with Crippen LogP contribution in [-0.4, -0.2) is 24.3 Å². The Balaban J connectivity index is 0.00000484. The van der Waals surface area contributed by atoms with E-state index in [1.165, 1.54) is 18.2 Å². The molecule has 0 aliphatic heterocycles. The monoisotopic (exact) mass is 344 g/mol. The topological polar surface area (TPSA) is 72.2 Å². The fraction of sp³-hybridized carbons (Fsp3) is 0.529. The van der Waals surface area contributed by atoms with Crippen molar-refractivity contribution in [3.8, 4) is 0 Å². The average Bonchev–Trinajstić information content (AvgIpc) is 2.50. The predicted molar refractivity (Wildman–Crippen MR) is 92.3 cm³/mol. The summed E-state index contributed by atoms with van der Waals surface area (Å²) in [7, 11) is 0. The Morgan fingerprint density at radius 3 is 2.61 bits per heavy atom. The molecule has 1 amide bonds. The Labute approximate surface area is 143 Å². The molecule has 1 rings (SSSR count). The normalized spacial score (nSPS) is 12.9. The molecule has 0 heterocycles. The number of carbonyl (C=O) groups is 2. The fourth-order valence-electron chi connectivity index (χ4n) is 2.28. The molecule has 1 aromatic rings. The molecule has 0 saturated heterocycles. The van der Waals surface area contributed by atoms with Crippen LogP contribution in [0.5, 0.6) is 0 Å². The second-order valence-electron chi connectivity index (χ2n) is 5.62. The fourth-order valence-corrected chi connectivity index (χ4v) is 2.28. The SMILES string of the molecule is CCCCC(CN)NC(=O)CC(C)C(=O)c1cccc(F)c1.Cl. The predicted octanol–water partition coefficient (Wildman–Crippen LogP) is 3.09. The molecule has 0 fully saturated rings. The molecule has 2 atom stereocenters. The van der Waals surface area contributed by atoms with Crippen molar-refractivity contribution in [3.05, 3.63) is 35.6 Å². The van der Waals surface area contributed by atoms with E-state index in [2.05, 4.69) is 12.2 Å². The number of nitrogens with two attached hydrogens (primary N) is 1. The third-order valence-corrected chi connectivity index (χ3v) is 3.60. The minimum Gasteiger partial charge on any atom is -0.352 e. The summed E-state index contributed by atoms with van der Waals surface area (Å²) in [5, 5.41) is 2.86. The van der Waals surface area contributed by atoms with Gasteiger partial charge in [0.15, 0.2) is 5.78 Å². The maximum atomic E-state index is 13.1. The van der Waals surface area contributed by atoms with Crippen LogP contribution in [0.15, 0.2) is 24.3 Å². The van der Waals surface area contributed by atoms with Crippen LogP contribution >= 0.6 is 12.4 Å². The molecule has 0 aliphatic rings. The Morgan fingerprint density at radius 1 is 1.35 bits per heavy atom. The second kappa shape index (κ2) is 11.1. The molecule has 1 aromatic carbocycles. The van der Waals surface area contributed by atoms with Gasteiger partial charge >= 0.3 is 0 Å². The maximum absolute atomic E-state index is 13.1. The molecule has 2 unspecified atom stereocenters. The van der Waals surface area contributed by atoms with Gasteiger partial charge in [0.05, 0.1) is 0 Å². The summed E-state index contributed by atoms with van der Waals surface area (Å²) >= 11 is 0. The minimum atomic E-state index is -0.494. The number of benzene rings is 1. The number of amides is 1. The van der Waals surface area contributed by atoms with E-state index in [1.54, 1.807) is 13.0 Å². The number of unbranched alkanes of at least 4 members (excludes halogenated alkanes) is 1. The first kappa shape index (κ1) is 21.5. The van der Waals surface area contributed by atoms with E-state index in [-0.39, 0.29) is 36.6 Å². The molecule has 6 heteroatoms. The maximum Gasteiger partial charge on any atom is 0.220 e. The van der Waals surface area contributed by atoms with E-state index < -0.39 is 11.7 Å². The van der Waals surface area contributed by atoms with Crippen molar-refractivity contribution in [2.75, 3.05) is 6.54 Å². The zero-order chi connectivity index (χ0) is 16.5.